The Morgan fingerprint density at radius 1 is 1.32 bits per heavy atom. The second-order valence-electron chi connectivity index (χ2n) is 4.52. The van der Waals surface area contributed by atoms with Gasteiger partial charge in [-0.2, -0.15) is 4.98 Å². The van der Waals surface area contributed by atoms with E-state index in [2.05, 4.69) is 10.1 Å². The molecule has 3 rings (SSSR count). The van der Waals surface area contributed by atoms with Crippen molar-refractivity contribution in [1.82, 2.24) is 10.1 Å². The predicted octanol–water partition coefficient (Wildman–Crippen LogP) is 3.47. The van der Waals surface area contributed by atoms with Crippen molar-refractivity contribution in [2.75, 3.05) is 13.2 Å². The highest BCUT2D eigenvalue weighted by atomic mass is 35.5. The van der Waals surface area contributed by atoms with Crippen molar-refractivity contribution in [3.63, 3.8) is 0 Å². The minimum Gasteiger partial charge on any atom is -0.381 e. The van der Waals surface area contributed by atoms with Gasteiger partial charge in [-0.3, -0.25) is 0 Å². The van der Waals surface area contributed by atoms with Gasteiger partial charge in [-0.1, -0.05) is 34.4 Å². The minimum atomic E-state index is 0.248. The average molecular weight is 299 g/mol. The number of hydrogen-bond acceptors (Lipinski definition) is 4. The second kappa shape index (κ2) is 5.49. The Balaban J connectivity index is 1.76. The van der Waals surface area contributed by atoms with Crippen LogP contribution in [0.1, 0.15) is 29.6 Å². The van der Waals surface area contributed by atoms with Crippen LogP contribution in [0.4, 0.5) is 0 Å². The lowest BCUT2D eigenvalue weighted by atomic mass is 10.1. The van der Waals surface area contributed by atoms with E-state index in [1.165, 1.54) is 0 Å². The topological polar surface area (TPSA) is 48.2 Å². The Hall–Kier alpha value is -1.10. The zero-order valence-corrected chi connectivity index (χ0v) is 11.6. The molecule has 1 atom stereocenters. The Labute approximate surface area is 120 Å². The van der Waals surface area contributed by atoms with Crippen molar-refractivity contribution < 1.29 is 9.26 Å². The Kier molecular flexibility index (Phi) is 3.73. The summed E-state index contributed by atoms with van der Waals surface area (Å²) in [5.74, 6) is 1.53. The van der Waals surface area contributed by atoms with E-state index in [0.717, 1.165) is 24.4 Å². The van der Waals surface area contributed by atoms with Gasteiger partial charge >= 0.3 is 0 Å². The summed E-state index contributed by atoms with van der Waals surface area (Å²) in [7, 11) is 0. The van der Waals surface area contributed by atoms with E-state index in [9.17, 15) is 0 Å². The third-order valence-corrected chi connectivity index (χ3v) is 3.72. The number of halogens is 2. The molecule has 1 aromatic carbocycles. The lowest BCUT2D eigenvalue weighted by molar-refractivity contribution is 0.192. The van der Waals surface area contributed by atoms with Gasteiger partial charge in [0, 0.05) is 22.6 Å². The number of benzene rings is 1. The zero-order chi connectivity index (χ0) is 13.2. The highest BCUT2D eigenvalue weighted by Gasteiger charge is 2.23. The molecular weight excluding hydrogens is 287 g/mol. The Bertz CT molecular complexity index is 580. The molecule has 1 aliphatic heterocycles. The van der Waals surface area contributed by atoms with Crippen LogP contribution in [0.2, 0.25) is 10.0 Å². The van der Waals surface area contributed by atoms with Gasteiger partial charge in [0.05, 0.1) is 13.0 Å². The number of hydrogen-bond donors (Lipinski definition) is 0. The molecule has 0 spiro atoms. The summed E-state index contributed by atoms with van der Waals surface area (Å²) in [5.41, 5.74) is 0.920. The highest BCUT2D eigenvalue weighted by Crippen LogP contribution is 2.25. The van der Waals surface area contributed by atoms with Crippen LogP contribution in [-0.2, 0) is 11.2 Å². The van der Waals surface area contributed by atoms with Gasteiger partial charge in [0.25, 0.3) is 0 Å². The fourth-order valence-electron chi connectivity index (χ4n) is 2.07. The number of rotatable bonds is 3. The van der Waals surface area contributed by atoms with Gasteiger partial charge in [-0.15, -0.1) is 0 Å². The van der Waals surface area contributed by atoms with Crippen molar-refractivity contribution in [1.29, 1.82) is 0 Å². The summed E-state index contributed by atoms with van der Waals surface area (Å²) in [6.07, 6.45) is 1.46. The second-order valence-corrected chi connectivity index (χ2v) is 5.36. The third kappa shape index (κ3) is 2.91. The van der Waals surface area contributed by atoms with Crippen molar-refractivity contribution >= 4 is 23.2 Å². The minimum absolute atomic E-state index is 0.248. The molecule has 1 aliphatic rings. The van der Waals surface area contributed by atoms with E-state index in [-0.39, 0.29) is 5.92 Å². The molecule has 0 saturated carbocycles. The first kappa shape index (κ1) is 12.9. The van der Waals surface area contributed by atoms with Crippen LogP contribution in [0.15, 0.2) is 22.7 Å². The molecule has 1 fully saturated rings. The van der Waals surface area contributed by atoms with Crippen LogP contribution in [0.5, 0.6) is 0 Å². The SMILES string of the molecule is Clc1ccc(Cc2nc([C@H]3CCOC3)no2)c(Cl)c1. The fourth-order valence-corrected chi connectivity index (χ4v) is 2.55. The van der Waals surface area contributed by atoms with Gasteiger partial charge in [0.1, 0.15) is 0 Å². The molecule has 0 amide bonds. The number of aromatic nitrogens is 2. The number of nitrogens with zero attached hydrogens (tertiary/aromatic N) is 2. The standard InChI is InChI=1S/C13H12Cl2N2O2/c14-10-2-1-8(11(15)6-10)5-12-16-13(17-19-12)9-3-4-18-7-9/h1-2,6,9H,3-5,7H2/t9-/m0/s1. The molecular formula is C13H12Cl2N2O2. The van der Waals surface area contributed by atoms with E-state index in [0.29, 0.717) is 29.0 Å². The maximum absolute atomic E-state index is 6.12. The average Bonchev–Trinajstić information content (AvgIpc) is 3.03. The van der Waals surface area contributed by atoms with Crippen molar-refractivity contribution in [3.05, 3.63) is 45.5 Å². The molecule has 1 aromatic heterocycles. The molecule has 4 nitrogen and oxygen atoms in total. The third-order valence-electron chi connectivity index (χ3n) is 3.14. The van der Waals surface area contributed by atoms with E-state index < -0.39 is 0 Å². The smallest absolute Gasteiger partial charge is 0.231 e. The molecule has 6 heteroatoms. The van der Waals surface area contributed by atoms with Crippen LogP contribution in [0.25, 0.3) is 0 Å². The first-order valence-corrected chi connectivity index (χ1v) is 6.82. The van der Waals surface area contributed by atoms with Gasteiger partial charge in [-0.25, -0.2) is 0 Å². The molecule has 0 unspecified atom stereocenters. The summed E-state index contributed by atoms with van der Waals surface area (Å²) in [5, 5.41) is 5.23. The van der Waals surface area contributed by atoms with E-state index in [1.807, 2.05) is 6.07 Å². The van der Waals surface area contributed by atoms with Crippen LogP contribution in [0.3, 0.4) is 0 Å². The van der Waals surface area contributed by atoms with Crippen molar-refractivity contribution in [2.24, 2.45) is 0 Å². The van der Waals surface area contributed by atoms with Gasteiger partial charge < -0.3 is 9.26 Å². The first-order valence-electron chi connectivity index (χ1n) is 6.06. The molecule has 100 valence electrons. The number of ether oxygens (including phenoxy) is 1. The monoisotopic (exact) mass is 298 g/mol. The quantitative estimate of drug-likeness (QED) is 0.870. The zero-order valence-electron chi connectivity index (χ0n) is 10.1. The predicted molar refractivity (Wildman–Crippen MR) is 71.7 cm³/mol. The van der Waals surface area contributed by atoms with Crippen LogP contribution >= 0.6 is 23.2 Å². The van der Waals surface area contributed by atoms with Crippen LogP contribution in [0, 0.1) is 0 Å². The molecule has 2 heterocycles. The molecule has 0 radical (unpaired) electrons. The highest BCUT2D eigenvalue weighted by molar-refractivity contribution is 6.35. The van der Waals surface area contributed by atoms with Gasteiger partial charge in [-0.05, 0) is 24.1 Å². The fraction of sp³-hybridized carbons (Fsp3) is 0.385. The van der Waals surface area contributed by atoms with Crippen LogP contribution in [-0.4, -0.2) is 23.4 Å². The maximum Gasteiger partial charge on any atom is 0.231 e. The van der Waals surface area contributed by atoms with Crippen molar-refractivity contribution in [2.45, 2.75) is 18.8 Å². The molecule has 0 N–H and O–H groups in total. The van der Waals surface area contributed by atoms with Crippen LogP contribution < -0.4 is 0 Å². The molecule has 0 aliphatic carbocycles. The summed E-state index contributed by atoms with van der Waals surface area (Å²) < 4.78 is 10.6. The molecule has 19 heavy (non-hydrogen) atoms. The molecule has 1 saturated heterocycles. The molecule has 2 aromatic rings. The Morgan fingerprint density at radius 2 is 2.21 bits per heavy atom. The lowest BCUT2D eigenvalue weighted by Crippen LogP contribution is -2.00. The maximum atomic E-state index is 6.12. The van der Waals surface area contributed by atoms with E-state index in [1.54, 1.807) is 12.1 Å². The first-order chi connectivity index (χ1) is 9.22. The molecule has 0 bridgehead atoms. The van der Waals surface area contributed by atoms with Gasteiger partial charge in [0.15, 0.2) is 5.82 Å². The van der Waals surface area contributed by atoms with E-state index in [4.69, 9.17) is 32.5 Å². The largest absolute Gasteiger partial charge is 0.381 e. The van der Waals surface area contributed by atoms with E-state index >= 15 is 0 Å². The normalized spacial score (nSPS) is 18.9. The summed E-state index contributed by atoms with van der Waals surface area (Å²) >= 11 is 12.0. The summed E-state index contributed by atoms with van der Waals surface area (Å²) in [6.45, 7) is 1.43. The Morgan fingerprint density at radius 3 is 2.95 bits per heavy atom. The van der Waals surface area contributed by atoms with Crippen molar-refractivity contribution in [3.8, 4) is 0 Å². The lowest BCUT2D eigenvalue weighted by Gasteiger charge is -2.01. The van der Waals surface area contributed by atoms with Gasteiger partial charge in [0.2, 0.25) is 5.89 Å². The summed E-state index contributed by atoms with van der Waals surface area (Å²) in [6, 6.07) is 5.37. The summed E-state index contributed by atoms with van der Waals surface area (Å²) in [4.78, 5) is 4.40.